The fraction of sp³-hybridized carbons (Fsp3) is 0.217. The van der Waals surface area contributed by atoms with Crippen molar-refractivity contribution in [2.24, 2.45) is 12.0 Å². The van der Waals surface area contributed by atoms with Gasteiger partial charge in [-0.3, -0.25) is 4.79 Å². The highest BCUT2D eigenvalue weighted by Crippen LogP contribution is 2.31. The molecule has 0 unspecified atom stereocenters. The molecule has 0 aliphatic carbocycles. The van der Waals surface area contributed by atoms with Gasteiger partial charge in [-0.15, -0.1) is 0 Å². The average molecular weight is 405 g/mol. The number of amides is 1. The lowest BCUT2D eigenvalue weighted by Gasteiger charge is -2.20. The first-order chi connectivity index (χ1) is 14.1. The molecule has 0 bridgehead atoms. The van der Waals surface area contributed by atoms with Gasteiger partial charge in [-0.2, -0.15) is 0 Å². The van der Waals surface area contributed by atoms with Crippen molar-refractivity contribution in [3.05, 3.63) is 65.2 Å². The van der Waals surface area contributed by atoms with Crippen molar-refractivity contribution in [1.29, 1.82) is 0 Å². The number of carbonyl (C=O) groups is 1. The molecule has 5 nitrogen and oxygen atoms in total. The SMILES string of the molecule is CCN(CC)c1ccc(N=C2NC(=O)C(=Cc3cn(C)c4ccccc34)S2)cc1. The van der Waals surface area contributed by atoms with Gasteiger partial charge < -0.3 is 14.8 Å². The summed E-state index contributed by atoms with van der Waals surface area (Å²) in [5.74, 6) is -0.110. The zero-order chi connectivity index (χ0) is 20.4. The highest BCUT2D eigenvalue weighted by atomic mass is 32.2. The first-order valence-electron chi connectivity index (χ1n) is 9.77. The summed E-state index contributed by atoms with van der Waals surface area (Å²) in [6.45, 7) is 6.23. The van der Waals surface area contributed by atoms with Crippen molar-refractivity contribution < 1.29 is 4.79 Å². The molecule has 1 aromatic heterocycles. The van der Waals surface area contributed by atoms with E-state index in [-0.39, 0.29) is 5.91 Å². The second-order valence-electron chi connectivity index (χ2n) is 6.88. The van der Waals surface area contributed by atoms with E-state index in [1.165, 1.54) is 17.4 Å². The van der Waals surface area contributed by atoms with Gasteiger partial charge in [-0.25, -0.2) is 4.99 Å². The summed E-state index contributed by atoms with van der Waals surface area (Å²) in [4.78, 5) is 20.0. The number of nitrogens with one attached hydrogen (secondary N) is 1. The van der Waals surface area contributed by atoms with E-state index in [0.29, 0.717) is 10.1 Å². The van der Waals surface area contributed by atoms with Crippen LogP contribution in [0.25, 0.3) is 17.0 Å². The Bertz CT molecular complexity index is 1110. The first kappa shape index (κ1) is 19.3. The summed E-state index contributed by atoms with van der Waals surface area (Å²) < 4.78 is 2.08. The maximum Gasteiger partial charge on any atom is 0.264 e. The van der Waals surface area contributed by atoms with Gasteiger partial charge in [-0.1, -0.05) is 18.2 Å². The number of fused-ring (bicyclic) bond motifs is 1. The number of aliphatic imine (C=N–C) groups is 1. The van der Waals surface area contributed by atoms with Crippen molar-refractivity contribution in [3.8, 4) is 0 Å². The van der Waals surface area contributed by atoms with Crippen molar-refractivity contribution >= 4 is 51.2 Å². The van der Waals surface area contributed by atoms with Crippen LogP contribution in [0.5, 0.6) is 0 Å². The van der Waals surface area contributed by atoms with E-state index in [1.54, 1.807) is 0 Å². The zero-order valence-electron chi connectivity index (χ0n) is 16.8. The molecule has 1 aliphatic heterocycles. The number of amidine groups is 1. The largest absolute Gasteiger partial charge is 0.372 e. The molecular weight excluding hydrogens is 380 g/mol. The molecule has 0 saturated carbocycles. The van der Waals surface area contributed by atoms with Crippen LogP contribution in [0.3, 0.4) is 0 Å². The number of aryl methyl sites for hydroxylation is 1. The smallest absolute Gasteiger partial charge is 0.264 e. The van der Waals surface area contributed by atoms with Crippen LogP contribution in [0.2, 0.25) is 0 Å². The number of carbonyl (C=O) groups excluding carboxylic acids is 1. The number of hydrogen-bond donors (Lipinski definition) is 1. The fourth-order valence-electron chi connectivity index (χ4n) is 3.55. The third-order valence-corrected chi connectivity index (χ3v) is 5.98. The third kappa shape index (κ3) is 3.93. The Morgan fingerprint density at radius 3 is 2.55 bits per heavy atom. The fourth-order valence-corrected chi connectivity index (χ4v) is 4.39. The molecule has 0 radical (unpaired) electrons. The van der Waals surface area contributed by atoms with Gasteiger partial charge in [0, 0.05) is 48.5 Å². The van der Waals surface area contributed by atoms with E-state index in [2.05, 4.69) is 57.9 Å². The van der Waals surface area contributed by atoms with E-state index in [1.807, 2.05) is 43.6 Å². The Morgan fingerprint density at radius 1 is 1.10 bits per heavy atom. The van der Waals surface area contributed by atoms with Gasteiger partial charge in [-0.05, 0) is 62.0 Å². The quantitative estimate of drug-likeness (QED) is 0.614. The second-order valence-corrected chi connectivity index (χ2v) is 7.91. The first-order valence-corrected chi connectivity index (χ1v) is 10.6. The maximum absolute atomic E-state index is 12.4. The maximum atomic E-state index is 12.4. The van der Waals surface area contributed by atoms with Crippen LogP contribution in [0.15, 0.2) is 64.6 Å². The minimum absolute atomic E-state index is 0.110. The predicted octanol–water partition coefficient (Wildman–Crippen LogP) is 4.92. The molecule has 2 aromatic carbocycles. The van der Waals surface area contributed by atoms with Gasteiger partial charge in [0.05, 0.1) is 10.6 Å². The summed E-state index contributed by atoms with van der Waals surface area (Å²) in [5, 5.41) is 4.62. The Labute approximate surface area is 175 Å². The average Bonchev–Trinajstić information content (AvgIpc) is 3.24. The van der Waals surface area contributed by atoms with Crippen LogP contribution in [-0.2, 0) is 11.8 Å². The Morgan fingerprint density at radius 2 is 1.83 bits per heavy atom. The molecule has 1 fully saturated rings. The van der Waals surface area contributed by atoms with E-state index < -0.39 is 0 Å². The van der Waals surface area contributed by atoms with Crippen molar-refractivity contribution in [1.82, 2.24) is 9.88 Å². The Hall–Kier alpha value is -2.99. The predicted molar refractivity (Wildman–Crippen MR) is 124 cm³/mol. The summed E-state index contributed by atoms with van der Waals surface area (Å²) >= 11 is 1.38. The van der Waals surface area contributed by atoms with Gasteiger partial charge >= 0.3 is 0 Å². The van der Waals surface area contributed by atoms with Crippen LogP contribution >= 0.6 is 11.8 Å². The summed E-state index contributed by atoms with van der Waals surface area (Å²) in [6.07, 6.45) is 3.99. The normalized spacial score (nSPS) is 16.7. The summed E-state index contributed by atoms with van der Waals surface area (Å²) in [6, 6.07) is 16.3. The summed E-state index contributed by atoms with van der Waals surface area (Å²) in [5.41, 5.74) is 4.18. The number of benzene rings is 2. The minimum atomic E-state index is -0.110. The van der Waals surface area contributed by atoms with Crippen molar-refractivity contribution in [3.63, 3.8) is 0 Å². The lowest BCUT2D eigenvalue weighted by atomic mass is 10.1. The van der Waals surface area contributed by atoms with Gasteiger partial charge in [0.2, 0.25) is 0 Å². The number of thioether (sulfide) groups is 1. The summed E-state index contributed by atoms with van der Waals surface area (Å²) in [7, 11) is 2.01. The molecular formula is C23H24N4OS. The number of anilines is 1. The van der Waals surface area contributed by atoms with E-state index >= 15 is 0 Å². The second kappa shape index (κ2) is 8.17. The number of aromatic nitrogens is 1. The van der Waals surface area contributed by atoms with Crippen LogP contribution in [0.4, 0.5) is 11.4 Å². The van der Waals surface area contributed by atoms with E-state index in [4.69, 9.17) is 0 Å². The Balaban J connectivity index is 1.56. The van der Waals surface area contributed by atoms with Gasteiger partial charge in [0.25, 0.3) is 5.91 Å². The standard InChI is InChI=1S/C23H24N4OS/c1-4-27(5-2)18-12-10-17(11-13-18)24-23-25-22(28)21(29-23)14-16-15-26(3)20-9-7-6-8-19(16)20/h6-15H,4-5H2,1-3H3,(H,24,25,28). The van der Waals surface area contributed by atoms with Crippen LogP contribution in [0.1, 0.15) is 19.4 Å². The van der Waals surface area contributed by atoms with Crippen LogP contribution in [0, 0.1) is 0 Å². The topological polar surface area (TPSA) is 49.6 Å². The molecule has 148 valence electrons. The molecule has 6 heteroatoms. The van der Waals surface area contributed by atoms with Crippen LogP contribution < -0.4 is 10.2 Å². The lowest BCUT2D eigenvalue weighted by Crippen LogP contribution is -2.21. The Kier molecular flexibility index (Phi) is 5.45. The molecule has 0 spiro atoms. The number of rotatable bonds is 5. The van der Waals surface area contributed by atoms with E-state index in [0.717, 1.165) is 35.2 Å². The molecule has 29 heavy (non-hydrogen) atoms. The molecule has 4 rings (SSSR count). The van der Waals surface area contributed by atoms with Crippen molar-refractivity contribution in [2.45, 2.75) is 13.8 Å². The monoisotopic (exact) mass is 404 g/mol. The lowest BCUT2D eigenvalue weighted by molar-refractivity contribution is -0.115. The number of hydrogen-bond acceptors (Lipinski definition) is 4. The molecule has 2 heterocycles. The molecule has 3 aromatic rings. The zero-order valence-corrected chi connectivity index (χ0v) is 17.7. The molecule has 1 aliphatic rings. The number of nitrogens with zero attached hydrogens (tertiary/aromatic N) is 3. The minimum Gasteiger partial charge on any atom is -0.372 e. The molecule has 1 saturated heterocycles. The van der Waals surface area contributed by atoms with E-state index in [9.17, 15) is 4.79 Å². The highest BCUT2D eigenvalue weighted by Gasteiger charge is 2.24. The van der Waals surface area contributed by atoms with Crippen molar-refractivity contribution in [2.75, 3.05) is 18.0 Å². The highest BCUT2D eigenvalue weighted by molar-refractivity contribution is 8.18. The van der Waals surface area contributed by atoms with Gasteiger partial charge in [0.1, 0.15) is 0 Å². The van der Waals surface area contributed by atoms with Crippen LogP contribution in [-0.4, -0.2) is 28.7 Å². The number of para-hydroxylation sites is 1. The van der Waals surface area contributed by atoms with Gasteiger partial charge in [0.15, 0.2) is 5.17 Å². The molecule has 1 N–H and O–H groups in total. The third-order valence-electron chi connectivity index (χ3n) is 5.07. The molecule has 1 amide bonds. The molecule has 0 atom stereocenters.